The molecule has 24 nitrogen and oxygen atoms in total. The molecule has 0 aliphatic heterocycles. The zero-order chi connectivity index (χ0) is 45.5. The number of carboxylic acids is 1. The van der Waals surface area contributed by atoms with Crippen LogP contribution in [0.5, 0.6) is 0 Å². The first kappa shape index (κ1) is 45.3. The Kier molecular flexibility index (Phi) is 14.0. The van der Waals surface area contributed by atoms with Crippen molar-refractivity contribution in [3.63, 3.8) is 0 Å². The van der Waals surface area contributed by atoms with E-state index in [0.29, 0.717) is 24.5 Å². The number of imidazole rings is 3. The van der Waals surface area contributed by atoms with E-state index in [2.05, 4.69) is 52.2 Å². The Morgan fingerprint density at radius 2 is 1.08 bits per heavy atom. The first-order chi connectivity index (χ1) is 29.1. The molecule has 0 spiro atoms. The van der Waals surface area contributed by atoms with Crippen molar-refractivity contribution >= 4 is 70.4 Å². The van der Waals surface area contributed by atoms with Gasteiger partial charge < -0.3 is 64.6 Å². The van der Waals surface area contributed by atoms with Crippen LogP contribution in [0.2, 0.25) is 0 Å². The Bertz CT molecular complexity index is 2510. The highest BCUT2D eigenvalue weighted by Gasteiger charge is 2.22. The van der Waals surface area contributed by atoms with E-state index in [4.69, 9.17) is 9.84 Å². The highest BCUT2D eigenvalue weighted by Crippen LogP contribution is 2.18. The van der Waals surface area contributed by atoms with E-state index in [1.165, 1.54) is 56.2 Å². The summed E-state index contributed by atoms with van der Waals surface area (Å²) in [7, 11) is 8.11. The average molecular weight is 860 g/mol. The van der Waals surface area contributed by atoms with Gasteiger partial charge in [0.1, 0.15) is 11.3 Å². The Morgan fingerprint density at radius 1 is 0.597 bits per heavy atom. The van der Waals surface area contributed by atoms with Crippen LogP contribution in [-0.4, -0.2) is 103 Å². The number of carboxylic acid groups (broad SMARTS) is 1. The van der Waals surface area contributed by atoms with Crippen LogP contribution >= 0.6 is 0 Å². The van der Waals surface area contributed by atoms with Crippen molar-refractivity contribution in [1.29, 1.82) is 0 Å². The highest BCUT2D eigenvalue weighted by atomic mass is 16.6. The van der Waals surface area contributed by atoms with E-state index in [1.54, 1.807) is 65.8 Å². The molecular weight excluding hydrogens is 811 g/mol. The first-order valence-corrected chi connectivity index (χ1v) is 19.0. The highest BCUT2D eigenvalue weighted by molar-refractivity contribution is 6.04. The van der Waals surface area contributed by atoms with E-state index in [-0.39, 0.29) is 65.9 Å². The molecular formula is C38H49N15O9. The third kappa shape index (κ3) is 12.2. The molecule has 6 amide bonds. The molecule has 0 bridgehead atoms. The number of ether oxygens (including phenoxy) is 1. The maximum atomic E-state index is 13.1. The van der Waals surface area contributed by atoms with Crippen LogP contribution < -0.4 is 37.2 Å². The molecule has 5 aromatic heterocycles. The Balaban J connectivity index is 1.04. The second-order valence-corrected chi connectivity index (χ2v) is 15.1. The molecule has 0 radical (unpaired) electrons. The molecule has 0 unspecified atom stereocenters. The molecule has 330 valence electrons. The summed E-state index contributed by atoms with van der Waals surface area (Å²) in [5.41, 5.74) is 1.09. The number of nitrogens with zero attached hydrogens (tertiary/aromatic N) is 8. The van der Waals surface area contributed by atoms with Gasteiger partial charge in [-0.05, 0) is 32.9 Å². The Labute approximate surface area is 354 Å². The number of hydrogen-bond donors (Lipinski definition) is 8. The lowest BCUT2D eigenvalue weighted by molar-refractivity contribution is -0.117. The molecule has 0 aliphatic rings. The predicted octanol–water partition coefficient (Wildman–Crippen LogP) is 1.99. The summed E-state index contributed by atoms with van der Waals surface area (Å²) in [4.78, 5) is 99.6. The van der Waals surface area contributed by atoms with E-state index < -0.39 is 41.3 Å². The van der Waals surface area contributed by atoms with Gasteiger partial charge in [0.2, 0.25) is 29.3 Å². The van der Waals surface area contributed by atoms with Gasteiger partial charge in [-0.15, -0.1) is 0 Å². The summed E-state index contributed by atoms with van der Waals surface area (Å²) in [6, 6.07) is 3.21. The number of anilines is 5. The Hall–Kier alpha value is -7.76. The largest absolute Gasteiger partial charge is 0.475 e. The van der Waals surface area contributed by atoms with Crippen molar-refractivity contribution in [2.45, 2.75) is 45.8 Å². The molecule has 5 rings (SSSR count). The number of nitrogens with one attached hydrogen (secondary N) is 7. The molecule has 0 aromatic carbocycles. The number of carbonyl (C=O) groups is 7. The summed E-state index contributed by atoms with van der Waals surface area (Å²) in [6.45, 7) is 5.82. The number of amides is 6. The number of carbonyl (C=O) groups excluding carboxylic acids is 6. The minimum absolute atomic E-state index is 0.00459. The van der Waals surface area contributed by atoms with Crippen molar-refractivity contribution in [3.8, 4) is 0 Å². The molecule has 5 aromatic rings. The summed E-state index contributed by atoms with van der Waals surface area (Å²) < 4.78 is 12.7. The maximum absolute atomic E-state index is 13.1. The SMILES string of the molecule is Cn1cc(NC(=O)c2nc(NC(=O)CCNC(=O)c3cc(NC(=O)c4nc(NC(=O)OC(C)(C)C)cn4C)cn3C)cn2C)cc1CNCCC(=O)Nc1cn(C)c(C(=O)O)n1. The lowest BCUT2D eigenvalue weighted by Crippen LogP contribution is -2.29. The fraction of sp³-hybridized carbons (Fsp3) is 0.368. The van der Waals surface area contributed by atoms with Gasteiger partial charge in [0, 0.05) is 104 Å². The van der Waals surface area contributed by atoms with Crippen LogP contribution in [-0.2, 0) is 56.1 Å². The van der Waals surface area contributed by atoms with Gasteiger partial charge in [0.15, 0.2) is 17.5 Å². The molecule has 0 saturated heterocycles. The molecule has 8 N–H and O–H groups in total. The van der Waals surface area contributed by atoms with Crippen molar-refractivity contribution in [3.05, 3.63) is 72.0 Å². The lowest BCUT2D eigenvalue weighted by Gasteiger charge is -2.18. The van der Waals surface area contributed by atoms with Gasteiger partial charge in [-0.1, -0.05) is 0 Å². The Morgan fingerprint density at radius 3 is 1.61 bits per heavy atom. The fourth-order valence-electron chi connectivity index (χ4n) is 5.90. The van der Waals surface area contributed by atoms with Crippen molar-refractivity contribution in [2.75, 3.05) is 39.7 Å². The van der Waals surface area contributed by atoms with Crippen molar-refractivity contribution < 1.29 is 43.4 Å². The van der Waals surface area contributed by atoms with Crippen molar-refractivity contribution in [2.24, 2.45) is 35.2 Å². The molecule has 0 atom stereocenters. The van der Waals surface area contributed by atoms with E-state index in [9.17, 15) is 33.6 Å². The van der Waals surface area contributed by atoms with E-state index >= 15 is 0 Å². The quantitative estimate of drug-likeness (QED) is 0.0622. The van der Waals surface area contributed by atoms with Crippen LogP contribution in [0.15, 0.2) is 43.1 Å². The first-order valence-electron chi connectivity index (χ1n) is 19.0. The number of aryl methyl sites for hydroxylation is 5. The number of rotatable bonds is 17. The topological polar surface area (TPSA) is 296 Å². The van der Waals surface area contributed by atoms with Crippen LogP contribution in [0, 0.1) is 0 Å². The minimum Gasteiger partial charge on any atom is -0.475 e. The summed E-state index contributed by atoms with van der Waals surface area (Å²) >= 11 is 0. The molecule has 0 fully saturated rings. The molecule has 5 heterocycles. The van der Waals surface area contributed by atoms with E-state index in [0.717, 1.165) is 5.69 Å². The zero-order valence-corrected chi connectivity index (χ0v) is 35.4. The second-order valence-electron chi connectivity index (χ2n) is 15.1. The van der Waals surface area contributed by atoms with Gasteiger partial charge in [0.05, 0.1) is 11.4 Å². The summed E-state index contributed by atoms with van der Waals surface area (Å²) in [5, 5.41) is 28.1. The fourth-order valence-corrected chi connectivity index (χ4v) is 5.90. The van der Waals surface area contributed by atoms with Crippen molar-refractivity contribution in [1.82, 2.24) is 48.4 Å². The average Bonchev–Trinajstić information content (AvgIpc) is 3.98. The minimum atomic E-state index is -1.21. The predicted molar refractivity (Wildman–Crippen MR) is 224 cm³/mol. The maximum Gasteiger partial charge on any atom is 0.413 e. The number of hydrogen-bond acceptors (Lipinski definition) is 12. The number of aromatic carboxylic acids is 1. The van der Waals surface area contributed by atoms with Crippen LogP contribution in [0.25, 0.3) is 0 Å². The van der Waals surface area contributed by atoms with Gasteiger partial charge in [0.25, 0.3) is 17.7 Å². The van der Waals surface area contributed by atoms with Crippen LogP contribution in [0.1, 0.15) is 81.7 Å². The van der Waals surface area contributed by atoms with Gasteiger partial charge in [-0.25, -0.2) is 24.5 Å². The van der Waals surface area contributed by atoms with E-state index in [1.807, 2.05) is 0 Å². The molecule has 62 heavy (non-hydrogen) atoms. The third-order valence-electron chi connectivity index (χ3n) is 8.72. The van der Waals surface area contributed by atoms with Crippen LogP contribution in [0.3, 0.4) is 0 Å². The smallest absolute Gasteiger partial charge is 0.413 e. The lowest BCUT2D eigenvalue weighted by atomic mass is 10.2. The molecule has 0 saturated carbocycles. The summed E-state index contributed by atoms with van der Waals surface area (Å²) in [6.07, 6.45) is 6.86. The monoisotopic (exact) mass is 859 g/mol. The third-order valence-corrected chi connectivity index (χ3v) is 8.72. The number of aromatic nitrogens is 8. The van der Waals surface area contributed by atoms with Crippen LogP contribution in [0.4, 0.5) is 33.6 Å². The second kappa shape index (κ2) is 19.1. The van der Waals surface area contributed by atoms with Gasteiger partial charge in [-0.3, -0.25) is 29.3 Å². The molecule has 0 aliphatic carbocycles. The normalized spacial score (nSPS) is 11.2. The summed E-state index contributed by atoms with van der Waals surface area (Å²) in [5.74, 6) is -3.41. The standard InChI is InChI=1S/C38H49N15O9/c1-38(2,3)62-37(61)48-27-20-52(7)31(46-27)35(58)42-22-14-24(50(5)17-22)33(56)40-12-10-29(55)43-25-18-51(6)30(45-25)34(57)41-21-13-23(49(4)16-21)15-39-11-9-28(54)44-26-19-53(8)32(47-26)36(59)60/h13-14,16-20,39H,9-12,15H2,1-8H3,(H,40,56)(H,41,57)(H,42,58)(H,43,55)(H,44,54)(H,48,61)(H,59,60). The zero-order valence-electron chi connectivity index (χ0n) is 35.4. The molecule has 24 heteroatoms. The van der Waals surface area contributed by atoms with Gasteiger partial charge in [-0.2, -0.15) is 0 Å². The van der Waals surface area contributed by atoms with Gasteiger partial charge >= 0.3 is 12.1 Å².